The minimum Gasteiger partial charge on any atom is -0.508 e. The van der Waals surface area contributed by atoms with E-state index in [1.165, 1.54) is 31.5 Å². The Morgan fingerprint density at radius 1 is 1.29 bits per heavy atom. The molecule has 2 nitrogen and oxygen atoms in total. The Bertz CT molecular complexity index is 316. The van der Waals surface area contributed by atoms with Gasteiger partial charge in [0.25, 0.3) is 0 Å². The predicted octanol–water partition coefficient (Wildman–Crippen LogP) is 2.30. The first-order valence-corrected chi connectivity index (χ1v) is 5.26. The highest BCUT2D eigenvalue weighted by molar-refractivity contribution is 5.35. The van der Waals surface area contributed by atoms with Crippen LogP contribution in [0.2, 0.25) is 0 Å². The van der Waals surface area contributed by atoms with Crippen molar-refractivity contribution in [2.24, 2.45) is 0 Å². The van der Waals surface area contributed by atoms with Gasteiger partial charge in [0, 0.05) is 12.1 Å². The van der Waals surface area contributed by atoms with E-state index in [9.17, 15) is 5.11 Å². The average molecular weight is 191 g/mol. The Morgan fingerprint density at radius 3 is 2.71 bits per heavy atom. The van der Waals surface area contributed by atoms with Gasteiger partial charge in [-0.3, -0.25) is 4.90 Å². The summed E-state index contributed by atoms with van der Waals surface area (Å²) in [6.07, 6.45) is 2.60. The van der Waals surface area contributed by atoms with Crippen molar-refractivity contribution in [1.82, 2.24) is 4.90 Å². The highest BCUT2D eigenvalue weighted by atomic mass is 16.3. The van der Waals surface area contributed by atoms with Crippen molar-refractivity contribution in [2.45, 2.75) is 26.3 Å². The third kappa shape index (κ3) is 2.07. The lowest BCUT2D eigenvalue weighted by Gasteiger charge is -2.15. The van der Waals surface area contributed by atoms with Crippen molar-refractivity contribution in [2.75, 3.05) is 13.1 Å². The first-order valence-electron chi connectivity index (χ1n) is 5.26. The number of aryl methyl sites for hydroxylation is 1. The Kier molecular flexibility index (Phi) is 2.73. The SMILES string of the molecule is Cc1ccc(O)c(CN2CCCC2)c1. The fraction of sp³-hybridized carbons (Fsp3) is 0.500. The van der Waals surface area contributed by atoms with E-state index in [1.54, 1.807) is 6.07 Å². The molecule has 0 spiro atoms. The van der Waals surface area contributed by atoms with Gasteiger partial charge in [0.15, 0.2) is 0 Å². The molecular weight excluding hydrogens is 174 g/mol. The number of rotatable bonds is 2. The Morgan fingerprint density at radius 2 is 2.00 bits per heavy atom. The molecule has 2 rings (SSSR count). The molecule has 0 bridgehead atoms. The van der Waals surface area contributed by atoms with Crippen LogP contribution in [0.25, 0.3) is 0 Å². The number of hydrogen-bond donors (Lipinski definition) is 1. The molecule has 1 N–H and O–H groups in total. The van der Waals surface area contributed by atoms with Gasteiger partial charge in [-0.15, -0.1) is 0 Å². The smallest absolute Gasteiger partial charge is 0.120 e. The first-order chi connectivity index (χ1) is 6.75. The number of phenols is 1. The molecule has 0 atom stereocenters. The molecule has 0 amide bonds. The Balaban J connectivity index is 2.10. The molecule has 1 saturated heterocycles. The van der Waals surface area contributed by atoms with Crippen molar-refractivity contribution >= 4 is 0 Å². The van der Waals surface area contributed by atoms with Gasteiger partial charge in [-0.1, -0.05) is 17.7 Å². The third-order valence-electron chi connectivity index (χ3n) is 2.83. The number of likely N-dealkylation sites (tertiary alicyclic amines) is 1. The van der Waals surface area contributed by atoms with Crippen molar-refractivity contribution in [3.05, 3.63) is 29.3 Å². The van der Waals surface area contributed by atoms with Crippen LogP contribution in [0.3, 0.4) is 0 Å². The summed E-state index contributed by atoms with van der Waals surface area (Å²) in [6, 6.07) is 5.82. The largest absolute Gasteiger partial charge is 0.508 e. The molecule has 1 aliphatic rings. The topological polar surface area (TPSA) is 23.5 Å². The molecule has 76 valence electrons. The highest BCUT2D eigenvalue weighted by Crippen LogP contribution is 2.21. The molecule has 2 heteroatoms. The second-order valence-electron chi connectivity index (χ2n) is 4.12. The summed E-state index contributed by atoms with van der Waals surface area (Å²) in [5.41, 5.74) is 2.28. The fourth-order valence-corrected chi connectivity index (χ4v) is 2.02. The standard InChI is InChI=1S/C12H17NO/c1-10-4-5-12(14)11(8-10)9-13-6-2-3-7-13/h4-5,8,14H,2-3,6-7,9H2,1H3. The number of benzene rings is 1. The van der Waals surface area contributed by atoms with Crippen LogP contribution in [0.5, 0.6) is 5.75 Å². The van der Waals surface area contributed by atoms with Gasteiger partial charge in [0.1, 0.15) is 5.75 Å². The lowest BCUT2D eigenvalue weighted by molar-refractivity contribution is 0.324. The second kappa shape index (κ2) is 4.01. The van der Waals surface area contributed by atoms with Crippen LogP contribution in [-0.4, -0.2) is 23.1 Å². The van der Waals surface area contributed by atoms with Crippen LogP contribution in [0.4, 0.5) is 0 Å². The van der Waals surface area contributed by atoms with E-state index in [-0.39, 0.29) is 0 Å². The van der Waals surface area contributed by atoms with E-state index in [2.05, 4.69) is 17.9 Å². The van der Waals surface area contributed by atoms with E-state index in [0.29, 0.717) is 5.75 Å². The van der Waals surface area contributed by atoms with E-state index in [1.807, 2.05) is 6.07 Å². The molecule has 0 saturated carbocycles. The molecule has 1 aromatic rings. The van der Waals surface area contributed by atoms with Gasteiger partial charge in [0.05, 0.1) is 0 Å². The summed E-state index contributed by atoms with van der Waals surface area (Å²) in [5, 5.41) is 9.67. The summed E-state index contributed by atoms with van der Waals surface area (Å²) < 4.78 is 0. The quantitative estimate of drug-likeness (QED) is 0.775. The van der Waals surface area contributed by atoms with Crippen molar-refractivity contribution in [1.29, 1.82) is 0 Å². The predicted molar refractivity (Wildman–Crippen MR) is 57.4 cm³/mol. The van der Waals surface area contributed by atoms with Crippen LogP contribution in [0.15, 0.2) is 18.2 Å². The van der Waals surface area contributed by atoms with Gasteiger partial charge in [0.2, 0.25) is 0 Å². The molecule has 0 aromatic heterocycles. The maximum Gasteiger partial charge on any atom is 0.120 e. The maximum atomic E-state index is 9.67. The van der Waals surface area contributed by atoms with Gasteiger partial charge < -0.3 is 5.11 Å². The van der Waals surface area contributed by atoms with Crippen molar-refractivity contribution < 1.29 is 5.11 Å². The molecular formula is C12H17NO. The van der Waals surface area contributed by atoms with E-state index in [4.69, 9.17) is 0 Å². The average Bonchev–Trinajstić information content (AvgIpc) is 2.64. The van der Waals surface area contributed by atoms with Crippen molar-refractivity contribution in [3.8, 4) is 5.75 Å². The molecule has 0 unspecified atom stereocenters. The highest BCUT2D eigenvalue weighted by Gasteiger charge is 2.13. The molecule has 0 aliphatic carbocycles. The van der Waals surface area contributed by atoms with Crippen LogP contribution in [0, 0.1) is 6.92 Å². The lowest BCUT2D eigenvalue weighted by Crippen LogP contribution is -2.18. The summed E-state index contributed by atoms with van der Waals surface area (Å²) in [5.74, 6) is 0.433. The van der Waals surface area contributed by atoms with Crippen LogP contribution < -0.4 is 0 Å². The van der Waals surface area contributed by atoms with E-state index in [0.717, 1.165) is 12.1 Å². The zero-order valence-corrected chi connectivity index (χ0v) is 8.66. The summed E-state index contributed by atoms with van der Waals surface area (Å²) in [7, 11) is 0. The molecule has 14 heavy (non-hydrogen) atoms. The Hall–Kier alpha value is -1.02. The lowest BCUT2D eigenvalue weighted by atomic mass is 10.1. The summed E-state index contributed by atoms with van der Waals surface area (Å²) in [6.45, 7) is 5.31. The number of aromatic hydroxyl groups is 1. The monoisotopic (exact) mass is 191 g/mol. The van der Waals surface area contributed by atoms with E-state index < -0.39 is 0 Å². The van der Waals surface area contributed by atoms with E-state index >= 15 is 0 Å². The van der Waals surface area contributed by atoms with Gasteiger partial charge in [-0.25, -0.2) is 0 Å². The van der Waals surface area contributed by atoms with Crippen LogP contribution in [0.1, 0.15) is 24.0 Å². The van der Waals surface area contributed by atoms with Gasteiger partial charge >= 0.3 is 0 Å². The zero-order valence-electron chi connectivity index (χ0n) is 8.66. The van der Waals surface area contributed by atoms with Gasteiger partial charge in [-0.05, 0) is 38.9 Å². The van der Waals surface area contributed by atoms with Crippen LogP contribution >= 0.6 is 0 Å². The summed E-state index contributed by atoms with van der Waals surface area (Å²) in [4.78, 5) is 2.40. The zero-order chi connectivity index (χ0) is 9.97. The fourth-order valence-electron chi connectivity index (χ4n) is 2.02. The minimum absolute atomic E-state index is 0.433. The minimum atomic E-state index is 0.433. The third-order valence-corrected chi connectivity index (χ3v) is 2.83. The molecule has 1 aliphatic heterocycles. The molecule has 0 radical (unpaired) electrons. The van der Waals surface area contributed by atoms with Gasteiger partial charge in [-0.2, -0.15) is 0 Å². The second-order valence-corrected chi connectivity index (χ2v) is 4.12. The molecule has 1 heterocycles. The molecule has 1 aromatic carbocycles. The maximum absolute atomic E-state index is 9.67. The summed E-state index contributed by atoms with van der Waals surface area (Å²) >= 11 is 0. The number of phenolic OH excluding ortho intramolecular Hbond substituents is 1. The Labute approximate surface area is 85.2 Å². The first kappa shape index (κ1) is 9.53. The molecule has 1 fully saturated rings. The number of hydrogen-bond acceptors (Lipinski definition) is 2. The number of nitrogens with zero attached hydrogens (tertiary/aromatic N) is 1. The normalized spacial score (nSPS) is 17.5. The van der Waals surface area contributed by atoms with Crippen LogP contribution in [-0.2, 0) is 6.54 Å². The van der Waals surface area contributed by atoms with Crippen molar-refractivity contribution in [3.63, 3.8) is 0 Å².